The molecule has 0 atom stereocenters. The van der Waals surface area contributed by atoms with Gasteiger partial charge in [-0.25, -0.2) is 0 Å². The van der Waals surface area contributed by atoms with E-state index in [1.165, 1.54) is 12.5 Å². The Hall–Kier alpha value is -2.17. The van der Waals surface area contributed by atoms with E-state index in [-0.39, 0.29) is 10.6 Å². The van der Waals surface area contributed by atoms with Crippen molar-refractivity contribution in [3.8, 4) is 0 Å². The third-order valence-corrected chi connectivity index (χ3v) is 3.27. The summed E-state index contributed by atoms with van der Waals surface area (Å²) in [6, 6.07) is 5.12. The summed E-state index contributed by atoms with van der Waals surface area (Å²) in [4.78, 5) is 14.6. The Labute approximate surface area is 118 Å². The summed E-state index contributed by atoms with van der Waals surface area (Å²) in [5.74, 6) is 0.689. The van der Waals surface area contributed by atoms with Gasteiger partial charge in [0.2, 0.25) is 0 Å². The highest BCUT2D eigenvalue weighted by atomic mass is 16.6. The number of pyridine rings is 1. The molecule has 5 heteroatoms. The molecule has 5 nitrogen and oxygen atoms in total. The predicted octanol–water partition coefficient (Wildman–Crippen LogP) is 3.99. The number of nitrogens with one attached hydrogen (secondary N) is 1. The molecule has 0 aliphatic rings. The predicted molar refractivity (Wildman–Crippen MR) is 81.0 cm³/mol. The van der Waals surface area contributed by atoms with Crippen LogP contribution in [-0.4, -0.2) is 16.5 Å². The van der Waals surface area contributed by atoms with E-state index in [2.05, 4.69) is 24.1 Å². The van der Waals surface area contributed by atoms with Crippen molar-refractivity contribution in [2.75, 3.05) is 11.9 Å². The maximum absolute atomic E-state index is 11.0. The lowest BCUT2D eigenvalue weighted by Gasteiger charge is -2.10. The number of nitrogens with zero attached hydrogens (tertiary/aromatic N) is 2. The van der Waals surface area contributed by atoms with Gasteiger partial charge in [0, 0.05) is 36.1 Å². The van der Waals surface area contributed by atoms with Crippen LogP contribution >= 0.6 is 0 Å². The van der Waals surface area contributed by atoms with Gasteiger partial charge in [-0.2, -0.15) is 0 Å². The lowest BCUT2D eigenvalue weighted by Crippen LogP contribution is -2.04. The second kappa shape index (κ2) is 6.32. The van der Waals surface area contributed by atoms with Crippen LogP contribution in [0.4, 0.5) is 11.4 Å². The van der Waals surface area contributed by atoms with Gasteiger partial charge in [0.1, 0.15) is 0 Å². The number of anilines is 1. The molecule has 0 saturated carbocycles. The van der Waals surface area contributed by atoms with Crippen molar-refractivity contribution < 1.29 is 4.92 Å². The molecule has 0 spiro atoms. The van der Waals surface area contributed by atoms with Gasteiger partial charge >= 0.3 is 0 Å². The summed E-state index contributed by atoms with van der Waals surface area (Å²) >= 11 is 0. The first kappa shape index (κ1) is 14.2. The number of nitro benzene ring substituents is 1. The molecule has 0 unspecified atom stereocenters. The Morgan fingerprint density at radius 3 is 2.80 bits per heavy atom. The molecule has 1 N–H and O–H groups in total. The Bertz CT molecular complexity index is 611. The molecule has 0 aliphatic heterocycles. The lowest BCUT2D eigenvalue weighted by molar-refractivity contribution is -0.383. The molecule has 2 aromatic rings. The highest BCUT2D eigenvalue weighted by Gasteiger charge is 2.13. The van der Waals surface area contributed by atoms with Crippen LogP contribution in [0.5, 0.6) is 0 Å². The van der Waals surface area contributed by atoms with E-state index in [4.69, 9.17) is 0 Å². The van der Waals surface area contributed by atoms with E-state index in [1.54, 1.807) is 18.5 Å². The molecule has 0 fully saturated rings. The molecule has 2 rings (SSSR count). The van der Waals surface area contributed by atoms with E-state index < -0.39 is 0 Å². The number of nitro groups is 1. The number of non-ortho nitro benzene ring substituents is 1. The van der Waals surface area contributed by atoms with Gasteiger partial charge in [0.25, 0.3) is 5.69 Å². The summed E-state index contributed by atoms with van der Waals surface area (Å²) < 4.78 is 0. The standard InChI is InChI=1S/C15H19N3O2/c1-11(2)4-3-8-17-14-5-6-15(18(19)20)13-10-16-9-7-12(13)14/h5-7,9-11,17H,3-4,8H2,1-2H3. The van der Waals surface area contributed by atoms with Gasteiger partial charge in [-0.3, -0.25) is 15.1 Å². The van der Waals surface area contributed by atoms with Crippen LogP contribution in [0.2, 0.25) is 0 Å². The fraction of sp³-hybridized carbons (Fsp3) is 0.400. The SMILES string of the molecule is CC(C)CCCNc1ccc([N+](=O)[O-])c2cnccc12. The molecule has 20 heavy (non-hydrogen) atoms. The largest absolute Gasteiger partial charge is 0.385 e. The monoisotopic (exact) mass is 273 g/mol. The van der Waals surface area contributed by atoms with E-state index in [1.807, 2.05) is 6.07 Å². The van der Waals surface area contributed by atoms with E-state index in [0.717, 1.165) is 24.0 Å². The van der Waals surface area contributed by atoms with Crippen molar-refractivity contribution in [2.24, 2.45) is 5.92 Å². The highest BCUT2D eigenvalue weighted by Crippen LogP contribution is 2.30. The maximum atomic E-state index is 11.0. The molecule has 0 bridgehead atoms. The number of rotatable bonds is 6. The molecule has 1 aromatic heterocycles. The van der Waals surface area contributed by atoms with Crippen LogP contribution in [0.1, 0.15) is 26.7 Å². The molecule has 106 valence electrons. The maximum Gasteiger partial charge on any atom is 0.278 e. The van der Waals surface area contributed by atoms with Crippen LogP contribution < -0.4 is 5.32 Å². The zero-order chi connectivity index (χ0) is 14.5. The van der Waals surface area contributed by atoms with Crippen molar-refractivity contribution >= 4 is 22.1 Å². The average molecular weight is 273 g/mol. The Morgan fingerprint density at radius 1 is 1.30 bits per heavy atom. The van der Waals surface area contributed by atoms with Crippen LogP contribution in [0.15, 0.2) is 30.6 Å². The van der Waals surface area contributed by atoms with Crippen LogP contribution in [0.3, 0.4) is 0 Å². The Kier molecular flexibility index (Phi) is 4.50. The molecule has 0 amide bonds. The van der Waals surface area contributed by atoms with Crippen LogP contribution in [0.25, 0.3) is 10.8 Å². The first-order valence-electron chi connectivity index (χ1n) is 6.84. The van der Waals surface area contributed by atoms with Crippen LogP contribution in [0, 0.1) is 16.0 Å². The van der Waals surface area contributed by atoms with Crippen LogP contribution in [-0.2, 0) is 0 Å². The molecule has 1 heterocycles. The summed E-state index contributed by atoms with van der Waals surface area (Å²) in [5, 5.41) is 15.8. The molecular weight excluding hydrogens is 254 g/mol. The van der Waals surface area contributed by atoms with Gasteiger partial charge in [0.05, 0.1) is 10.3 Å². The summed E-state index contributed by atoms with van der Waals surface area (Å²) in [7, 11) is 0. The number of fused-ring (bicyclic) bond motifs is 1. The third kappa shape index (κ3) is 3.23. The zero-order valence-corrected chi connectivity index (χ0v) is 11.8. The zero-order valence-electron chi connectivity index (χ0n) is 11.8. The van der Waals surface area contributed by atoms with Gasteiger partial charge in [0.15, 0.2) is 0 Å². The van der Waals surface area contributed by atoms with Gasteiger partial charge < -0.3 is 5.32 Å². The second-order valence-electron chi connectivity index (χ2n) is 5.27. The van der Waals surface area contributed by atoms with Crippen molar-refractivity contribution in [2.45, 2.75) is 26.7 Å². The Balaban J connectivity index is 2.22. The minimum absolute atomic E-state index is 0.0980. The minimum atomic E-state index is -0.368. The summed E-state index contributed by atoms with van der Waals surface area (Å²) in [5.41, 5.74) is 1.03. The minimum Gasteiger partial charge on any atom is -0.385 e. The Morgan fingerprint density at radius 2 is 2.10 bits per heavy atom. The number of benzene rings is 1. The third-order valence-electron chi connectivity index (χ3n) is 3.27. The van der Waals surface area contributed by atoms with E-state index in [9.17, 15) is 10.1 Å². The molecule has 0 radical (unpaired) electrons. The van der Waals surface area contributed by atoms with Crippen molar-refractivity contribution in [1.82, 2.24) is 4.98 Å². The van der Waals surface area contributed by atoms with Gasteiger partial charge in [-0.15, -0.1) is 0 Å². The second-order valence-corrected chi connectivity index (χ2v) is 5.27. The number of aromatic nitrogens is 1. The van der Waals surface area contributed by atoms with E-state index in [0.29, 0.717) is 11.3 Å². The average Bonchev–Trinajstić information content (AvgIpc) is 2.43. The van der Waals surface area contributed by atoms with Crippen molar-refractivity contribution in [1.29, 1.82) is 0 Å². The highest BCUT2D eigenvalue weighted by molar-refractivity contribution is 5.99. The molecular formula is C15H19N3O2. The summed E-state index contributed by atoms with van der Waals surface area (Å²) in [6.45, 7) is 5.27. The van der Waals surface area contributed by atoms with Gasteiger partial charge in [-0.05, 0) is 30.9 Å². The first-order chi connectivity index (χ1) is 9.59. The van der Waals surface area contributed by atoms with Crippen molar-refractivity contribution in [3.63, 3.8) is 0 Å². The molecule has 1 aromatic carbocycles. The fourth-order valence-corrected chi connectivity index (χ4v) is 2.22. The quantitative estimate of drug-likeness (QED) is 0.491. The lowest BCUT2D eigenvalue weighted by atomic mass is 10.1. The molecule has 0 saturated heterocycles. The summed E-state index contributed by atoms with van der Waals surface area (Å²) in [6.07, 6.45) is 5.46. The molecule has 0 aliphatic carbocycles. The first-order valence-corrected chi connectivity index (χ1v) is 6.84. The van der Waals surface area contributed by atoms with E-state index >= 15 is 0 Å². The number of hydrogen-bond donors (Lipinski definition) is 1. The number of hydrogen-bond acceptors (Lipinski definition) is 4. The van der Waals surface area contributed by atoms with Crippen molar-refractivity contribution in [3.05, 3.63) is 40.7 Å². The fourth-order valence-electron chi connectivity index (χ4n) is 2.22. The van der Waals surface area contributed by atoms with Gasteiger partial charge in [-0.1, -0.05) is 13.8 Å². The normalized spacial score (nSPS) is 10.9. The topological polar surface area (TPSA) is 68.1 Å². The smallest absolute Gasteiger partial charge is 0.278 e.